The molecule has 2 aliphatic rings. The standard InChI is InChI=1S/C22H12F30O7/c23-9(24,56-19(45,46)21(49,50)58-17(41,42)13(31,32)11(27,28)15(35,36)37)1-5(7-3-53-7)55-6(8-4-54-8)2-10(25,26)57-20(47,48)22(51,52)59-18(43,44)14(33,34)12(29,30)16(38,39)40/h5-8H,1-4H2. The molecule has 0 saturated carbocycles. The highest BCUT2D eigenvalue weighted by Gasteiger charge is 2.86. The van der Waals surface area contributed by atoms with Gasteiger partial charge in [-0.25, -0.2) is 18.9 Å². The zero-order valence-electron chi connectivity index (χ0n) is 26.3. The zero-order valence-corrected chi connectivity index (χ0v) is 26.3. The largest absolute Gasteiger partial charge is 0.460 e. The number of halogens is 30. The maximum absolute atomic E-state index is 14.4. The molecule has 0 bridgehead atoms. The third-order valence-electron chi connectivity index (χ3n) is 6.75. The lowest BCUT2D eigenvalue weighted by atomic mass is 10.1. The first kappa shape index (κ1) is 52.8. The summed E-state index contributed by atoms with van der Waals surface area (Å²) < 4.78 is 419. The minimum Gasteiger partial charge on any atom is -0.370 e. The van der Waals surface area contributed by atoms with Crippen LogP contribution in [0.25, 0.3) is 0 Å². The highest BCUT2D eigenvalue weighted by atomic mass is 19.4. The van der Waals surface area contributed by atoms with Crippen molar-refractivity contribution in [3.63, 3.8) is 0 Å². The van der Waals surface area contributed by atoms with Gasteiger partial charge in [-0.05, 0) is 0 Å². The molecule has 4 unspecified atom stereocenters. The predicted octanol–water partition coefficient (Wildman–Crippen LogP) is 9.79. The molecule has 2 rings (SSSR count). The van der Waals surface area contributed by atoms with Crippen LogP contribution in [0.4, 0.5) is 132 Å². The van der Waals surface area contributed by atoms with Gasteiger partial charge in [0.05, 0.1) is 38.3 Å². The zero-order chi connectivity index (χ0) is 47.1. The lowest BCUT2D eigenvalue weighted by molar-refractivity contribution is -0.543. The molecule has 2 heterocycles. The maximum Gasteiger partial charge on any atom is 0.460 e. The van der Waals surface area contributed by atoms with Crippen LogP contribution in [0, 0.1) is 0 Å². The molecule has 2 saturated heterocycles. The number of rotatable bonds is 22. The minimum atomic E-state index is -8.23. The fourth-order valence-corrected chi connectivity index (χ4v) is 3.64. The van der Waals surface area contributed by atoms with E-state index in [2.05, 4.69) is 23.7 Å². The Morgan fingerprint density at radius 3 is 0.763 bits per heavy atom. The summed E-state index contributed by atoms with van der Waals surface area (Å²) in [5.74, 6) is -32.6. The highest BCUT2D eigenvalue weighted by Crippen LogP contribution is 2.58. The van der Waals surface area contributed by atoms with Crippen LogP contribution < -0.4 is 0 Å². The average molecular weight is 958 g/mol. The third kappa shape index (κ3) is 10.8. The molecule has 2 fully saturated rings. The lowest BCUT2D eigenvalue weighted by Crippen LogP contribution is -2.64. The molecular formula is C22H12F30O7. The van der Waals surface area contributed by atoms with E-state index >= 15 is 0 Å². The van der Waals surface area contributed by atoms with Crippen LogP contribution in [0.1, 0.15) is 12.8 Å². The van der Waals surface area contributed by atoms with Crippen LogP contribution in [0.15, 0.2) is 0 Å². The minimum absolute atomic E-state index is 0.996. The molecule has 7 nitrogen and oxygen atoms in total. The van der Waals surface area contributed by atoms with Crippen LogP contribution in [-0.4, -0.2) is 123 Å². The summed E-state index contributed by atoms with van der Waals surface area (Å²) >= 11 is 0. The van der Waals surface area contributed by atoms with Crippen LogP contribution in [-0.2, 0) is 33.2 Å². The monoisotopic (exact) mass is 958 g/mol. The summed E-state index contributed by atoms with van der Waals surface area (Å²) in [6.07, 6.45) is -90.6. The number of hydrogen-bond donors (Lipinski definition) is 0. The van der Waals surface area contributed by atoms with Crippen molar-refractivity contribution in [3.05, 3.63) is 0 Å². The molecule has 2 aliphatic heterocycles. The molecule has 59 heavy (non-hydrogen) atoms. The van der Waals surface area contributed by atoms with Gasteiger partial charge in [0.1, 0.15) is 12.2 Å². The molecular weight excluding hydrogens is 946 g/mol. The van der Waals surface area contributed by atoms with Crippen LogP contribution in [0.5, 0.6) is 0 Å². The lowest BCUT2D eigenvalue weighted by Gasteiger charge is -2.37. The Labute approximate surface area is 301 Å². The first-order valence-electron chi connectivity index (χ1n) is 13.8. The van der Waals surface area contributed by atoms with Crippen molar-refractivity contribution in [1.29, 1.82) is 0 Å². The molecule has 0 aromatic rings. The highest BCUT2D eigenvalue weighted by molar-refractivity contribution is 4.99. The molecule has 0 amide bonds. The van der Waals surface area contributed by atoms with Crippen molar-refractivity contribution in [1.82, 2.24) is 0 Å². The van der Waals surface area contributed by atoms with E-state index in [9.17, 15) is 132 Å². The Morgan fingerprint density at radius 1 is 0.339 bits per heavy atom. The smallest absolute Gasteiger partial charge is 0.370 e. The van der Waals surface area contributed by atoms with Gasteiger partial charge in [-0.3, -0.25) is 0 Å². The van der Waals surface area contributed by atoms with Crippen molar-refractivity contribution in [2.75, 3.05) is 13.2 Å². The Kier molecular flexibility index (Phi) is 13.6. The summed E-state index contributed by atoms with van der Waals surface area (Å²) in [5, 5.41) is 0. The van der Waals surface area contributed by atoms with Crippen LogP contribution >= 0.6 is 0 Å². The topological polar surface area (TPSA) is 71.2 Å². The van der Waals surface area contributed by atoms with E-state index in [0.717, 1.165) is 0 Å². The Morgan fingerprint density at radius 2 is 0.559 bits per heavy atom. The molecule has 37 heteroatoms. The third-order valence-corrected chi connectivity index (χ3v) is 6.75. The number of ether oxygens (including phenoxy) is 7. The molecule has 352 valence electrons. The molecule has 0 aromatic carbocycles. The van der Waals surface area contributed by atoms with Crippen molar-refractivity contribution in [2.45, 2.75) is 122 Å². The van der Waals surface area contributed by atoms with Gasteiger partial charge in [0.2, 0.25) is 0 Å². The van der Waals surface area contributed by atoms with E-state index in [-0.39, 0.29) is 0 Å². The Bertz CT molecular complexity index is 1340. The van der Waals surface area contributed by atoms with Gasteiger partial charge in [-0.2, -0.15) is 132 Å². The van der Waals surface area contributed by atoms with Gasteiger partial charge in [0.15, 0.2) is 0 Å². The van der Waals surface area contributed by atoms with E-state index in [1.54, 1.807) is 0 Å². The predicted molar refractivity (Wildman–Crippen MR) is 113 cm³/mol. The van der Waals surface area contributed by atoms with Gasteiger partial charge >= 0.3 is 84.9 Å². The molecule has 0 spiro atoms. The summed E-state index contributed by atoms with van der Waals surface area (Å²) in [4.78, 5) is 0. The first-order chi connectivity index (χ1) is 25.5. The van der Waals surface area contributed by atoms with Crippen molar-refractivity contribution in [3.8, 4) is 0 Å². The summed E-state index contributed by atoms with van der Waals surface area (Å²) in [6, 6.07) is 0. The summed E-state index contributed by atoms with van der Waals surface area (Å²) in [7, 11) is 0. The number of epoxide rings is 2. The number of hydrogen-bond acceptors (Lipinski definition) is 7. The summed E-state index contributed by atoms with van der Waals surface area (Å²) in [6.45, 7) is -1.99. The second kappa shape index (κ2) is 15.2. The van der Waals surface area contributed by atoms with Gasteiger partial charge < -0.3 is 14.2 Å². The van der Waals surface area contributed by atoms with E-state index in [0.29, 0.717) is 0 Å². The second-order valence-electron chi connectivity index (χ2n) is 11.4. The van der Waals surface area contributed by atoms with E-state index in [1.165, 1.54) is 9.47 Å². The van der Waals surface area contributed by atoms with Crippen molar-refractivity contribution >= 4 is 0 Å². The van der Waals surface area contributed by atoms with Crippen LogP contribution in [0.3, 0.4) is 0 Å². The van der Waals surface area contributed by atoms with Gasteiger partial charge in [-0.15, -0.1) is 0 Å². The van der Waals surface area contributed by atoms with Crippen molar-refractivity contribution in [2.24, 2.45) is 0 Å². The molecule has 0 N–H and O–H groups in total. The average Bonchev–Trinajstić information content (AvgIpc) is 3.85. The van der Waals surface area contributed by atoms with Crippen molar-refractivity contribution < 1.29 is 165 Å². The van der Waals surface area contributed by atoms with Gasteiger partial charge in [-0.1, -0.05) is 0 Å². The molecule has 0 radical (unpaired) electrons. The Hall–Kier alpha value is -2.38. The molecule has 4 atom stereocenters. The quantitative estimate of drug-likeness (QED) is 0.0791. The molecule has 0 aromatic heterocycles. The normalized spacial score (nSPS) is 21.5. The summed E-state index contributed by atoms with van der Waals surface area (Å²) in [5.41, 5.74) is 0. The van der Waals surface area contributed by atoms with Gasteiger partial charge in [0.25, 0.3) is 0 Å². The van der Waals surface area contributed by atoms with E-state index < -0.39 is 135 Å². The van der Waals surface area contributed by atoms with E-state index in [1.807, 2.05) is 0 Å². The first-order valence-corrected chi connectivity index (χ1v) is 13.8. The second-order valence-corrected chi connectivity index (χ2v) is 11.4. The maximum atomic E-state index is 14.4. The van der Waals surface area contributed by atoms with E-state index in [4.69, 9.17) is 0 Å². The fourth-order valence-electron chi connectivity index (χ4n) is 3.64. The Balaban J connectivity index is 2.28. The fraction of sp³-hybridized carbons (Fsp3) is 1.00. The van der Waals surface area contributed by atoms with Crippen LogP contribution in [0.2, 0.25) is 0 Å². The molecule has 0 aliphatic carbocycles. The SMILES string of the molecule is FC(F)(CC(OC(CC(F)(F)OC(F)(F)C(F)(F)OC(F)(F)C(F)(F)C(F)(F)C(F)(F)F)C1CO1)C1CO1)OC(F)(F)C(F)(F)OC(F)(F)C(F)(F)C(F)(F)C(F)(F)F. The van der Waals surface area contributed by atoms with Gasteiger partial charge in [0, 0.05) is 0 Å². The number of alkyl halides is 30.